The molecule has 3 rings (SSSR count). The highest BCUT2D eigenvalue weighted by Crippen LogP contribution is 2.18. The Labute approximate surface area is 147 Å². The van der Waals surface area contributed by atoms with E-state index in [1.165, 1.54) is 0 Å². The minimum atomic E-state index is -0.0512. The van der Waals surface area contributed by atoms with Crippen LogP contribution >= 0.6 is 0 Å². The Kier molecular flexibility index (Phi) is 5.28. The van der Waals surface area contributed by atoms with Gasteiger partial charge in [0.25, 0.3) is 5.91 Å². The van der Waals surface area contributed by atoms with Gasteiger partial charge in [-0.15, -0.1) is 0 Å². The van der Waals surface area contributed by atoms with Gasteiger partial charge in [-0.1, -0.05) is 30.3 Å². The van der Waals surface area contributed by atoms with Crippen molar-refractivity contribution in [3.05, 3.63) is 59.9 Å². The first-order valence-corrected chi connectivity index (χ1v) is 8.36. The van der Waals surface area contributed by atoms with Crippen LogP contribution in [0.15, 0.2) is 48.8 Å². The zero-order chi connectivity index (χ0) is 17.6. The fraction of sp³-hybridized carbons (Fsp3) is 0.316. The summed E-state index contributed by atoms with van der Waals surface area (Å²) in [7, 11) is 1.80. The van der Waals surface area contributed by atoms with Crippen molar-refractivity contribution in [2.45, 2.75) is 6.54 Å². The van der Waals surface area contributed by atoms with Crippen LogP contribution in [-0.4, -0.2) is 60.3 Å². The molecule has 1 aliphatic rings. The molecule has 2 aromatic rings. The molecule has 0 aliphatic carbocycles. The lowest BCUT2D eigenvalue weighted by Crippen LogP contribution is -2.45. The zero-order valence-corrected chi connectivity index (χ0v) is 14.3. The predicted molar refractivity (Wildman–Crippen MR) is 96.3 cm³/mol. The fourth-order valence-corrected chi connectivity index (χ4v) is 2.95. The van der Waals surface area contributed by atoms with Crippen LogP contribution in [0.25, 0.3) is 0 Å². The van der Waals surface area contributed by atoms with Gasteiger partial charge in [-0.25, -0.2) is 0 Å². The molecule has 1 aromatic heterocycles. The van der Waals surface area contributed by atoms with Crippen molar-refractivity contribution in [1.82, 2.24) is 14.8 Å². The molecule has 0 unspecified atom stereocenters. The Morgan fingerprint density at radius 3 is 2.56 bits per heavy atom. The van der Waals surface area contributed by atoms with Crippen LogP contribution in [0.1, 0.15) is 15.9 Å². The van der Waals surface area contributed by atoms with Crippen LogP contribution in [0, 0.1) is 0 Å². The van der Waals surface area contributed by atoms with E-state index in [4.69, 9.17) is 0 Å². The predicted octanol–water partition coefficient (Wildman–Crippen LogP) is 1.63. The van der Waals surface area contributed by atoms with Crippen molar-refractivity contribution < 1.29 is 9.59 Å². The summed E-state index contributed by atoms with van der Waals surface area (Å²) in [5.41, 5.74) is 2.59. The molecule has 2 heterocycles. The molecule has 0 radical (unpaired) electrons. The molecule has 0 N–H and O–H groups in total. The molecule has 2 amide bonds. The highest BCUT2D eigenvalue weighted by atomic mass is 16.2. The van der Waals surface area contributed by atoms with Crippen molar-refractivity contribution in [1.29, 1.82) is 0 Å². The number of carbonyl (C=O) groups is 2. The second-order valence-electron chi connectivity index (χ2n) is 6.21. The third kappa shape index (κ3) is 4.15. The smallest absolute Gasteiger partial charge is 0.255 e. The SMILES string of the molecule is CN(Cc1ccccc1)C(=O)c1cncc(N2CCN(C=O)CC2)c1. The van der Waals surface area contributed by atoms with Gasteiger partial charge in [-0.3, -0.25) is 14.6 Å². The molecule has 6 heteroatoms. The average molecular weight is 338 g/mol. The summed E-state index contributed by atoms with van der Waals surface area (Å²) in [5, 5.41) is 0. The molecule has 6 nitrogen and oxygen atoms in total. The number of carbonyl (C=O) groups excluding carboxylic acids is 2. The summed E-state index contributed by atoms with van der Waals surface area (Å²) in [6.45, 7) is 3.43. The maximum atomic E-state index is 12.7. The van der Waals surface area contributed by atoms with Gasteiger partial charge in [0.1, 0.15) is 0 Å². The first-order chi connectivity index (χ1) is 12.2. The Bertz CT molecular complexity index is 727. The summed E-state index contributed by atoms with van der Waals surface area (Å²) >= 11 is 0. The van der Waals surface area contributed by atoms with Crippen LogP contribution in [0.3, 0.4) is 0 Å². The lowest BCUT2D eigenvalue weighted by molar-refractivity contribution is -0.118. The van der Waals surface area contributed by atoms with E-state index in [0.717, 1.165) is 30.8 Å². The van der Waals surface area contributed by atoms with Crippen molar-refractivity contribution in [3.63, 3.8) is 0 Å². The maximum Gasteiger partial charge on any atom is 0.255 e. The Morgan fingerprint density at radius 2 is 1.88 bits per heavy atom. The standard InChI is InChI=1S/C19H22N4O2/c1-21(14-16-5-3-2-4-6-16)19(25)17-11-18(13-20-12-17)23-9-7-22(15-24)8-10-23/h2-6,11-13,15H,7-10,14H2,1H3. The summed E-state index contributed by atoms with van der Waals surface area (Å²) in [6, 6.07) is 11.8. The zero-order valence-electron chi connectivity index (χ0n) is 14.3. The van der Waals surface area contributed by atoms with Gasteiger partial charge in [0.15, 0.2) is 0 Å². The molecule has 1 saturated heterocycles. The summed E-state index contributed by atoms with van der Waals surface area (Å²) in [5.74, 6) is -0.0512. The van der Waals surface area contributed by atoms with Crippen molar-refractivity contribution >= 4 is 18.0 Å². The Morgan fingerprint density at radius 1 is 1.16 bits per heavy atom. The Hall–Kier alpha value is -2.89. The van der Waals surface area contributed by atoms with E-state index < -0.39 is 0 Å². The average Bonchev–Trinajstić information content (AvgIpc) is 2.68. The van der Waals surface area contributed by atoms with Gasteiger partial charge < -0.3 is 14.7 Å². The molecule has 130 valence electrons. The molecule has 0 saturated carbocycles. The van der Waals surface area contributed by atoms with E-state index in [9.17, 15) is 9.59 Å². The summed E-state index contributed by atoms with van der Waals surface area (Å²) in [4.78, 5) is 33.4. The molecule has 1 fully saturated rings. The van der Waals surface area contributed by atoms with E-state index in [0.29, 0.717) is 25.2 Å². The number of anilines is 1. The first-order valence-electron chi connectivity index (χ1n) is 8.36. The lowest BCUT2D eigenvalue weighted by Gasteiger charge is -2.34. The third-order valence-corrected chi connectivity index (χ3v) is 4.41. The van der Waals surface area contributed by atoms with Gasteiger partial charge in [-0.05, 0) is 11.6 Å². The molecular weight excluding hydrogens is 316 g/mol. The van der Waals surface area contributed by atoms with Crippen LogP contribution in [0.4, 0.5) is 5.69 Å². The number of aromatic nitrogens is 1. The topological polar surface area (TPSA) is 56.8 Å². The number of nitrogens with zero attached hydrogens (tertiary/aromatic N) is 4. The number of amides is 2. The van der Waals surface area contributed by atoms with Gasteiger partial charge in [-0.2, -0.15) is 0 Å². The highest BCUT2D eigenvalue weighted by Gasteiger charge is 2.18. The molecule has 0 spiro atoms. The van der Waals surface area contributed by atoms with Gasteiger partial charge in [0.2, 0.25) is 6.41 Å². The van der Waals surface area contributed by atoms with E-state index in [1.807, 2.05) is 36.4 Å². The van der Waals surface area contributed by atoms with E-state index in [2.05, 4.69) is 9.88 Å². The van der Waals surface area contributed by atoms with E-state index in [-0.39, 0.29) is 5.91 Å². The number of hydrogen-bond donors (Lipinski definition) is 0. The van der Waals surface area contributed by atoms with Gasteiger partial charge in [0.05, 0.1) is 17.4 Å². The molecule has 0 bridgehead atoms. The van der Waals surface area contributed by atoms with E-state index >= 15 is 0 Å². The molecular formula is C19H22N4O2. The van der Waals surface area contributed by atoms with Crippen LogP contribution in [-0.2, 0) is 11.3 Å². The number of hydrogen-bond acceptors (Lipinski definition) is 4. The number of piperazine rings is 1. The normalized spacial score (nSPS) is 14.3. The molecule has 1 aliphatic heterocycles. The second-order valence-corrected chi connectivity index (χ2v) is 6.21. The van der Waals surface area contributed by atoms with Crippen LogP contribution in [0.5, 0.6) is 0 Å². The quantitative estimate of drug-likeness (QED) is 0.778. The number of benzene rings is 1. The number of pyridine rings is 1. The van der Waals surface area contributed by atoms with Crippen molar-refractivity contribution in [2.24, 2.45) is 0 Å². The molecule has 0 atom stereocenters. The monoisotopic (exact) mass is 338 g/mol. The van der Waals surface area contributed by atoms with Crippen LogP contribution < -0.4 is 4.90 Å². The summed E-state index contributed by atoms with van der Waals surface area (Å²) < 4.78 is 0. The van der Waals surface area contributed by atoms with Crippen molar-refractivity contribution in [3.8, 4) is 0 Å². The summed E-state index contributed by atoms with van der Waals surface area (Å²) in [6.07, 6.45) is 4.26. The Balaban J connectivity index is 1.68. The largest absolute Gasteiger partial charge is 0.367 e. The van der Waals surface area contributed by atoms with Crippen LogP contribution in [0.2, 0.25) is 0 Å². The van der Waals surface area contributed by atoms with E-state index in [1.54, 1.807) is 29.2 Å². The first kappa shape index (κ1) is 17.0. The lowest BCUT2D eigenvalue weighted by atomic mass is 10.2. The minimum absolute atomic E-state index is 0.0512. The fourth-order valence-electron chi connectivity index (χ4n) is 2.95. The maximum absolute atomic E-state index is 12.7. The highest BCUT2D eigenvalue weighted by molar-refractivity contribution is 5.94. The number of rotatable bonds is 5. The minimum Gasteiger partial charge on any atom is -0.367 e. The van der Waals surface area contributed by atoms with Gasteiger partial charge in [0, 0.05) is 46.0 Å². The third-order valence-electron chi connectivity index (χ3n) is 4.41. The molecule has 1 aromatic carbocycles. The molecule has 25 heavy (non-hydrogen) atoms. The second kappa shape index (κ2) is 7.79. The van der Waals surface area contributed by atoms with Crippen molar-refractivity contribution in [2.75, 3.05) is 38.1 Å². The van der Waals surface area contributed by atoms with Gasteiger partial charge >= 0.3 is 0 Å².